The lowest BCUT2D eigenvalue weighted by Crippen LogP contribution is -2.46. The Labute approximate surface area is 161 Å². The summed E-state index contributed by atoms with van der Waals surface area (Å²) in [5.41, 5.74) is 4.97. The molecule has 1 aliphatic heterocycles. The first-order chi connectivity index (χ1) is 13.6. The van der Waals surface area contributed by atoms with Crippen molar-refractivity contribution in [1.29, 1.82) is 0 Å². The van der Waals surface area contributed by atoms with Crippen LogP contribution in [0.5, 0.6) is 0 Å². The van der Waals surface area contributed by atoms with E-state index in [1.807, 2.05) is 12.1 Å². The molecule has 0 radical (unpaired) electrons. The number of hydrogen-bond donors (Lipinski definition) is 2. The predicted molar refractivity (Wildman–Crippen MR) is 103 cm³/mol. The number of nitrogens with zero attached hydrogens (tertiary/aromatic N) is 2. The predicted octanol–water partition coefficient (Wildman–Crippen LogP) is 4.33. The molecule has 0 bridgehead atoms. The number of aromatic amines is 1. The van der Waals surface area contributed by atoms with Gasteiger partial charge < -0.3 is 5.11 Å². The molecule has 0 spiro atoms. The van der Waals surface area contributed by atoms with E-state index in [0.717, 1.165) is 47.3 Å². The lowest BCUT2D eigenvalue weighted by atomic mass is 9.78. The van der Waals surface area contributed by atoms with Crippen molar-refractivity contribution in [2.75, 3.05) is 6.54 Å². The van der Waals surface area contributed by atoms with Gasteiger partial charge in [-0.05, 0) is 54.5 Å². The van der Waals surface area contributed by atoms with E-state index in [4.69, 9.17) is 0 Å². The summed E-state index contributed by atoms with van der Waals surface area (Å²) in [5.74, 6) is -0.337. The quantitative estimate of drug-likeness (QED) is 0.698. The molecule has 1 amide bonds. The van der Waals surface area contributed by atoms with Crippen LogP contribution < -0.4 is 0 Å². The fourth-order valence-corrected chi connectivity index (χ4v) is 4.89. The molecule has 1 fully saturated rings. The smallest absolute Gasteiger partial charge is 0.408 e. The Morgan fingerprint density at radius 2 is 1.93 bits per heavy atom. The van der Waals surface area contributed by atoms with Crippen LogP contribution in [-0.4, -0.2) is 32.8 Å². The topological polar surface area (TPSA) is 69.2 Å². The molecule has 1 atom stereocenters. The van der Waals surface area contributed by atoms with Crippen LogP contribution in [0.1, 0.15) is 35.4 Å². The highest BCUT2D eigenvalue weighted by atomic mass is 19.1. The molecule has 5 nitrogen and oxygen atoms in total. The molecule has 0 saturated carbocycles. The SMILES string of the molecule is O=C(O)N1CCCC1(c1ccc(F)cc1)c1[nH]nc2c1-c1ccccc1CC2. The molecule has 142 valence electrons. The first-order valence-corrected chi connectivity index (χ1v) is 9.54. The van der Waals surface area contributed by atoms with Crippen LogP contribution in [0.25, 0.3) is 11.1 Å². The van der Waals surface area contributed by atoms with Gasteiger partial charge in [0, 0.05) is 12.1 Å². The average Bonchev–Trinajstić information content (AvgIpc) is 3.33. The van der Waals surface area contributed by atoms with Crippen LogP contribution in [-0.2, 0) is 18.4 Å². The summed E-state index contributed by atoms with van der Waals surface area (Å²) in [6.07, 6.45) is 2.12. The number of rotatable bonds is 2. The second-order valence-electron chi connectivity index (χ2n) is 7.48. The monoisotopic (exact) mass is 377 g/mol. The Hall–Kier alpha value is -3.15. The number of fused-ring (bicyclic) bond motifs is 3. The van der Waals surface area contributed by atoms with E-state index in [0.29, 0.717) is 13.0 Å². The molecule has 2 N–H and O–H groups in total. The number of aryl methyl sites for hydroxylation is 2. The van der Waals surface area contributed by atoms with Crippen molar-refractivity contribution < 1.29 is 14.3 Å². The second kappa shape index (κ2) is 6.19. The van der Waals surface area contributed by atoms with E-state index < -0.39 is 11.6 Å². The van der Waals surface area contributed by atoms with Crippen molar-refractivity contribution in [3.8, 4) is 11.1 Å². The highest BCUT2D eigenvalue weighted by Crippen LogP contribution is 2.49. The Balaban J connectivity index is 1.79. The van der Waals surface area contributed by atoms with Crippen molar-refractivity contribution in [2.45, 2.75) is 31.2 Å². The number of aromatic nitrogens is 2. The first-order valence-electron chi connectivity index (χ1n) is 9.54. The van der Waals surface area contributed by atoms with Gasteiger partial charge in [-0.1, -0.05) is 36.4 Å². The number of H-pyrrole nitrogens is 1. The molecule has 2 aliphatic rings. The van der Waals surface area contributed by atoms with Gasteiger partial charge in [0.05, 0.1) is 11.4 Å². The summed E-state index contributed by atoms with van der Waals surface area (Å²) in [5, 5.41) is 17.7. The van der Waals surface area contributed by atoms with Gasteiger partial charge >= 0.3 is 6.09 Å². The molecule has 5 rings (SSSR count). The Bertz CT molecular complexity index is 1060. The Kier molecular flexibility index (Phi) is 3.75. The number of carboxylic acid groups (broad SMARTS) is 1. The molecular formula is C22H20FN3O2. The third-order valence-corrected chi connectivity index (χ3v) is 6.11. The van der Waals surface area contributed by atoms with Gasteiger partial charge in [0.1, 0.15) is 11.4 Å². The highest BCUT2D eigenvalue weighted by Gasteiger charge is 2.50. The van der Waals surface area contributed by atoms with Crippen LogP contribution in [0, 0.1) is 5.82 Å². The summed E-state index contributed by atoms with van der Waals surface area (Å²) in [7, 11) is 0. The third kappa shape index (κ3) is 2.30. The fourth-order valence-electron chi connectivity index (χ4n) is 4.89. The zero-order chi connectivity index (χ0) is 19.3. The van der Waals surface area contributed by atoms with Gasteiger partial charge in [0.25, 0.3) is 0 Å². The molecule has 28 heavy (non-hydrogen) atoms. The van der Waals surface area contributed by atoms with Gasteiger partial charge in [-0.2, -0.15) is 5.10 Å². The summed E-state index contributed by atoms with van der Waals surface area (Å²) in [6, 6.07) is 14.4. The highest BCUT2D eigenvalue weighted by molar-refractivity contribution is 5.78. The van der Waals surface area contributed by atoms with Crippen LogP contribution in [0.3, 0.4) is 0 Å². The molecule has 1 saturated heterocycles. The maximum absolute atomic E-state index is 13.6. The third-order valence-electron chi connectivity index (χ3n) is 6.11. The molecule has 1 aromatic heterocycles. The van der Waals surface area contributed by atoms with Crippen molar-refractivity contribution in [2.24, 2.45) is 0 Å². The van der Waals surface area contributed by atoms with Crippen LogP contribution in [0.2, 0.25) is 0 Å². The van der Waals surface area contributed by atoms with Gasteiger partial charge in [-0.3, -0.25) is 10.00 Å². The lowest BCUT2D eigenvalue weighted by molar-refractivity contribution is 0.116. The molecule has 1 unspecified atom stereocenters. The zero-order valence-corrected chi connectivity index (χ0v) is 15.3. The van der Waals surface area contributed by atoms with Gasteiger partial charge in [-0.25, -0.2) is 9.18 Å². The van der Waals surface area contributed by atoms with E-state index in [-0.39, 0.29) is 5.82 Å². The molecule has 2 heterocycles. The number of hydrogen-bond acceptors (Lipinski definition) is 2. The van der Waals surface area contributed by atoms with Crippen LogP contribution >= 0.6 is 0 Å². The minimum atomic E-state index is -0.978. The lowest BCUT2D eigenvalue weighted by Gasteiger charge is -2.38. The Morgan fingerprint density at radius 1 is 1.14 bits per heavy atom. The number of halogens is 1. The number of nitrogens with one attached hydrogen (secondary N) is 1. The van der Waals surface area contributed by atoms with Crippen molar-refractivity contribution in [3.05, 3.63) is 76.9 Å². The number of benzene rings is 2. The normalized spacial score (nSPS) is 20.7. The van der Waals surface area contributed by atoms with Crippen LogP contribution in [0.15, 0.2) is 48.5 Å². The van der Waals surface area contributed by atoms with Gasteiger partial charge in [0.15, 0.2) is 0 Å². The summed E-state index contributed by atoms with van der Waals surface area (Å²) in [6.45, 7) is 0.433. The van der Waals surface area contributed by atoms with Crippen molar-refractivity contribution in [3.63, 3.8) is 0 Å². The zero-order valence-electron chi connectivity index (χ0n) is 15.3. The van der Waals surface area contributed by atoms with Crippen LogP contribution in [0.4, 0.5) is 9.18 Å². The summed E-state index contributed by atoms with van der Waals surface area (Å²) < 4.78 is 13.6. The standard InChI is InChI=1S/C22H20FN3O2/c23-16-9-7-15(8-10-16)22(12-3-13-26(22)21(27)28)20-19-17-5-2-1-4-14(17)6-11-18(19)24-25-20/h1-2,4-5,7-10H,3,6,11-13H2,(H,24,25)(H,27,28). The average molecular weight is 377 g/mol. The maximum Gasteiger partial charge on any atom is 0.408 e. The largest absolute Gasteiger partial charge is 0.465 e. The van der Waals surface area contributed by atoms with E-state index in [1.165, 1.54) is 22.6 Å². The van der Waals surface area contributed by atoms with Crippen molar-refractivity contribution in [1.82, 2.24) is 15.1 Å². The molecule has 6 heteroatoms. The molecular weight excluding hydrogens is 357 g/mol. The summed E-state index contributed by atoms with van der Waals surface area (Å²) in [4.78, 5) is 13.7. The molecule has 3 aromatic rings. The van der Waals surface area contributed by atoms with E-state index in [9.17, 15) is 14.3 Å². The summed E-state index contributed by atoms with van der Waals surface area (Å²) >= 11 is 0. The van der Waals surface area contributed by atoms with E-state index >= 15 is 0 Å². The fraction of sp³-hybridized carbons (Fsp3) is 0.273. The number of amides is 1. The molecule has 1 aliphatic carbocycles. The van der Waals surface area contributed by atoms with Crippen molar-refractivity contribution >= 4 is 6.09 Å². The second-order valence-corrected chi connectivity index (χ2v) is 7.48. The van der Waals surface area contributed by atoms with E-state index in [1.54, 1.807) is 12.1 Å². The number of likely N-dealkylation sites (tertiary alicyclic amines) is 1. The Morgan fingerprint density at radius 3 is 2.71 bits per heavy atom. The molecule has 2 aromatic carbocycles. The first kappa shape index (κ1) is 17.0. The van der Waals surface area contributed by atoms with Gasteiger partial charge in [-0.15, -0.1) is 0 Å². The van der Waals surface area contributed by atoms with E-state index in [2.05, 4.69) is 22.3 Å². The number of carbonyl (C=O) groups is 1. The maximum atomic E-state index is 13.6. The minimum Gasteiger partial charge on any atom is -0.465 e. The van der Waals surface area contributed by atoms with Gasteiger partial charge in [0.2, 0.25) is 0 Å². The minimum absolute atomic E-state index is 0.337.